The quantitative estimate of drug-likeness (QED) is 0.435. The van der Waals surface area contributed by atoms with E-state index in [2.05, 4.69) is 15.6 Å². The minimum Gasteiger partial charge on any atom is -0.507 e. The van der Waals surface area contributed by atoms with Crippen molar-refractivity contribution in [2.24, 2.45) is 10.4 Å². The van der Waals surface area contributed by atoms with Crippen molar-refractivity contribution in [1.82, 2.24) is 5.32 Å². The molecule has 36 heavy (non-hydrogen) atoms. The first-order valence-corrected chi connectivity index (χ1v) is 11.7. The summed E-state index contributed by atoms with van der Waals surface area (Å²) in [6.45, 7) is 7.57. The first-order valence-electron chi connectivity index (χ1n) is 11.7. The lowest BCUT2D eigenvalue weighted by molar-refractivity contribution is -0.124. The number of carbonyl (C=O) groups is 2. The lowest BCUT2D eigenvalue weighted by Gasteiger charge is -2.31. The Balaban J connectivity index is 1.84. The van der Waals surface area contributed by atoms with E-state index in [1.807, 2.05) is 75.1 Å². The fraction of sp³-hybridized carbons (Fsp3) is 0.207. The topological polar surface area (TPSA) is 94.0 Å². The number of benzene rings is 3. The van der Waals surface area contributed by atoms with Crippen LogP contribution in [0.2, 0.25) is 0 Å². The summed E-state index contributed by atoms with van der Waals surface area (Å²) >= 11 is 0. The third kappa shape index (κ3) is 5.46. The number of hydrogen-bond acceptors (Lipinski definition) is 5. The zero-order chi connectivity index (χ0) is 25.9. The molecule has 0 spiro atoms. The van der Waals surface area contributed by atoms with Crippen LogP contribution >= 0.6 is 0 Å². The molecule has 3 aromatic carbocycles. The Kier molecular flexibility index (Phi) is 6.92. The second kappa shape index (κ2) is 10.1. The summed E-state index contributed by atoms with van der Waals surface area (Å²) in [5.74, 6) is 0.212. The van der Waals surface area contributed by atoms with Gasteiger partial charge in [0.2, 0.25) is 0 Å². The summed E-state index contributed by atoms with van der Waals surface area (Å²) in [4.78, 5) is 32.7. The van der Waals surface area contributed by atoms with Gasteiger partial charge in [0, 0.05) is 28.4 Å². The molecule has 4 rings (SSSR count). The molecule has 0 fully saturated rings. The van der Waals surface area contributed by atoms with E-state index in [9.17, 15) is 14.7 Å². The highest BCUT2D eigenvalue weighted by Crippen LogP contribution is 2.37. The van der Waals surface area contributed by atoms with E-state index in [1.165, 1.54) is 0 Å². The highest BCUT2D eigenvalue weighted by molar-refractivity contribution is 6.02. The first kappa shape index (κ1) is 24.7. The van der Waals surface area contributed by atoms with Crippen LogP contribution in [0.15, 0.2) is 83.6 Å². The Morgan fingerprint density at radius 1 is 0.944 bits per heavy atom. The number of phenols is 1. The van der Waals surface area contributed by atoms with Gasteiger partial charge < -0.3 is 15.3 Å². The number of anilines is 2. The van der Waals surface area contributed by atoms with Crippen molar-refractivity contribution in [3.05, 3.63) is 95.3 Å². The van der Waals surface area contributed by atoms with Gasteiger partial charge in [-0.2, -0.15) is 0 Å². The number of para-hydroxylation sites is 2. The highest BCUT2D eigenvalue weighted by atomic mass is 16.3. The van der Waals surface area contributed by atoms with E-state index in [-0.39, 0.29) is 23.9 Å². The van der Waals surface area contributed by atoms with Crippen molar-refractivity contribution in [3.8, 4) is 5.75 Å². The van der Waals surface area contributed by atoms with Gasteiger partial charge in [-0.05, 0) is 42.8 Å². The molecule has 7 heteroatoms. The normalized spacial score (nSPS) is 13.2. The molecule has 0 saturated carbocycles. The summed E-state index contributed by atoms with van der Waals surface area (Å²) in [7, 11) is 0. The first-order chi connectivity index (χ1) is 17.1. The van der Waals surface area contributed by atoms with E-state index in [0.717, 1.165) is 16.8 Å². The SMILES string of the molecule is Cc1cccc(NC(=O)NC2=C(c3ccccc3O)N(CC(=O)C(C)(C)C)c3ccccc3C=N2)c1. The lowest BCUT2D eigenvalue weighted by Crippen LogP contribution is -2.37. The number of urea groups is 1. The van der Waals surface area contributed by atoms with Gasteiger partial charge in [0.05, 0.1) is 17.9 Å². The summed E-state index contributed by atoms with van der Waals surface area (Å²) in [5.41, 5.74) is 3.44. The number of fused-ring (bicyclic) bond motifs is 1. The van der Waals surface area contributed by atoms with Crippen molar-refractivity contribution in [2.45, 2.75) is 27.7 Å². The van der Waals surface area contributed by atoms with E-state index >= 15 is 0 Å². The van der Waals surface area contributed by atoms with Crippen LogP contribution in [-0.4, -0.2) is 29.7 Å². The van der Waals surface area contributed by atoms with E-state index in [1.54, 1.807) is 36.5 Å². The van der Waals surface area contributed by atoms with Gasteiger partial charge in [0.1, 0.15) is 5.75 Å². The Morgan fingerprint density at radius 3 is 2.39 bits per heavy atom. The molecule has 1 heterocycles. The molecule has 0 bridgehead atoms. The minimum absolute atomic E-state index is 0.00399. The van der Waals surface area contributed by atoms with Gasteiger partial charge >= 0.3 is 6.03 Å². The average Bonchev–Trinajstić information content (AvgIpc) is 2.96. The summed E-state index contributed by atoms with van der Waals surface area (Å²) in [5, 5.41) is 16.5. The number of aliphatic imine (C=N–C) groups is 1. The number of rotatable bonds is 5. The predicted octanol–water partition coefficient (Wildman–Crippen LogP) is 5.70. The van der Waals surface area contributed by atoms with Gasteiger partial charge in [-0.25, -0.2) is 9.79 Å². The smallest absolute Gasteiger partial charge is 0.324 e. The second-order valence-corrected chi connectivity index (χ2v) is 9.74. The second-order valence-electron chi connectivity index (χ2n) is 9.74. The number of nitrogens with one attached hydrogen (secondary N) is 2. The molecular formula is C29H30N4O3. The van der Waals surface area contributed by atoms with Crippen LogP contribution in [0.1, 0.15) is 37.5 Å². The van der Waals surface area contributed by atoms with Crippen LogP contribution in [0.5, 0.6) is 5.75 Å². The molecule has 1 aliphatic heterocycles. The third-order valence-corrected chi connectivity index (χ3v) is 5.86. The van der Waals surface area contributed by atoms with Gasteiger partial charge in [-0.1, -0.05) is 63.2 Å². The molecule has 0 aromatic heterocycles. The van der Waals surface area contributed by atoms with Gasteiger partial charge in [-0.3, -0.25) is 10.1 Å². The summed E-state index contributed by atoms with van der Waals surface area (Å²) < 4.78 is 0. The van der Waals surface area contributed by atoms with Crippen molar-refractivity contribution in [2.75, 3.05) is 16.8 Å². The maximum atomic E-state index is 13.3. The number of Topliss-reactive ketones (excluding diaryl/α,β-unsaturated/α-hetero) is 1. The number of hydrogen-bond donors (Lipinski definition) is 3. The van der Waals surface area contributed by atoms with Gasteiger partial charge in [-0.15, -0.1) is 0 Å². The monoisotopic (exact) mass is 482 g/mol. The zero-order valence-corrected chi connectivity index (χ0v) is 20.9. The molecule has 7 nitrogen and oxygen atoms in total. The molecular weight excluding hydrogens is 452 g/mol. The van der Waals surface area contributed by atoms with Crippen molar-refractivity contribution in [1.29, 1.82) is 0 Å². The van der Waals surface area contributed by atoms with Crippen LogP contribution in [0.4, 0.5) is 16.2 Å². The van der Waals surface area contributed by atoms with E-state index in [4.69, 9.17) is 0 Å². The predicted molar refractivity (Wildman–Crippen MR) is 144 cm³/mol. The van der Waals surface area contributed by atoms with Crippen LogP contribution in [-0.2, 0) is 4.79 Å². The van der Waals surface area contributed by atoms with Crippen molar-refractivity contribution >= 4 is 35.1 Å². The summed E-state index contributed by atoms with van der Waals surface area (Å²) in [6, 6.07) is 21.3. The molecule has 3 aromatic rings. The third-order valence-electron chi connectivity index (χ3n) is 5.86. The maximum absolute atomic E-state index is 13.3. The average molecular weight is 483 g/mol. The van der Waals surface area contributed by atoms with Gasteiger partial charge in [0.25, 0.3) is 0 Å². The maximum Gasteiger partial charge on any atom is 0.324 e. The lowest BCUT2D eigenvalue weighted by atomic mass is 9.90. The van der Waals surface area contributed by atoms with E-state index in [0.29, 0.717) is 16.9 Å². The van der Waals surface area contributed by atoms with Crippen molar-refractivity contribution in [3.63, 3.8) is 0 Å². The number of carbonyl (C=O) groups excluding carboxylic acids is 2. The molecule has 0 radical (unpaired) electrons. The number of ketones is 1. The number of phenolic OH excluding ortho intramolecular Hbond substituents is 1. The van der Waals surface area contributed by atoms with Crippen LogP contribution in [0.25, 0.3) is 5.70 Å². The number of amides is 2. The number of nitrogens with zero attached hydrogens (tertiary/aromatic N) is 2. The molecule has 1 aliphatic rings. The molecule has 0 saturated heterocycles. The molecule has 3 N–H and O–H groups in total. The molecule has 184 valence electrons. The summed E-state index contributed by atoms with van der Waals surface area (Å²) in [6.07, 6.45) is 1.65. The molecule has 2 amide bonds. The largest absolute Gasteiger partial charge is 0.507 e. The van der Waals surface area contributed by atoms with E-state index < -0.39 is 11.4 Å². The van der Waals surface area contributed by atoms with Gasteiger partial charge in [0.15, 0.2) is 11.6 Å². The number of aryl methyl sites for hydroxylation is 1. The Morgan fingerprint density at radius 2 is 1.67 bits per heavy atom. The zero-order valence-electron chi connectivity index (χ0n) is 20.9. The fourth-order valence-electron chi connectivity index (χ4n) is 3.86. The minimum atomic E-state index is -0.595. The Hall–Kier alpha value is -4.39. The fourth-order valence-corrected chi connectivity index (χ4v) is 3.86. The standard InChI is InChI=1S/C29H30N4O3/c1-19-10-9-12-21(16-19)31-28(36)32-27-26(22-13-6-8-15-24(22)34)33(18-25(35)29(2,3)4)23-14-7-5-11-20(23)17-30-27/h5-17,34H,18H2,1-4H3,(H2,31,32,36). The molecule has 0 unspecified atom stereocenters. The van der Waals surface area contributed by atoms with Crippen LogP contribution in [0.3, 0.4) is 0 Å². The number of aromatic hydroxyl groups is 1. The Bertz CT molecular complexity index is 1370. The van der Waals surface area contributed by atoms with Crippen molar-refractivity contribution < 1.29 is 14.7 Å². The van der Waals surface area contributed by atoms with Crippen LogP contribution < -0.4 is 15.5 Å². The molecule has 0 aliphatic carbocycles. The molecule has 0 atom stereocenters. The highest BCUT2D eigenvalue weighted by Gasteiger charge is 2.31. The Labute approximate surface area is 211 Å². The van der Waals surface area contributed by atoms with Crippen LogP contribution in [0, 0.1) is 12.3 Å².